The number of benzene rings is 2. The number of aromatic hydroxyl groups is 1. The minimum Gasteiger partial charge on any atom is -0.507 e. The summed E-state index contributed by atoms with van der Waals surface area (Å²) in [5, 5.41) is 25.4. The lowest BCUT2D eigenvalue weighted by Gasteiger charge is -2.07. The van der Waals surface area contributed by atoms with Crippen molar-refractivity contribution in [3.05, 3.63) is 53.2 Å². The lowest BCUT2D eigenvalue weighted by Crippen LogP contribution is -2.23. The number of anilines is 1. The van der Waals surface area contributed by atoms with E-state index in [2.05, 4.69) is 26.0 Å². The summed E-state index contributed by atoms with van der Waals surface area (Å²) in [4.78, 5) is 0. The number of hydrazone groups is 1. The molecule has 6 nitrogen and oxygen atoms in total. The van der Waals surface area contributed by atoms with E-state index in [9.17, 15) is 5.11 Å². The van der Waals surface area contributed by atoms with Gasteiger partial charge in [0.2, 0.25) is 0 Å². The third-order valence-corrected chi connectivity index (χ3v) is 3.49. The number of phenols is 1. The summed E-state index contributed by atoms with van der Waals surface area (Å²) in [5.74, 6) is 0.0866. The Kier molecular flexibility index (Phi) is 4.40. The van der Waals surface area contributed by atoms with Crippen LogP contribution in [0, 0.1) is 0 Å². The predicted octanol–water partition coefficient (Wildman–Crippen LogP) is 3.24. The monoisotopic (exact) mass is 345 g/mol. The van der Waals surface area contributed by atoms with E-state index in [1.54, 1.807) is 18.3 Å². The molecular formula is C15H12ClN5OS. The van der Waals surface area contributed by atoms with Gasteiger partial charge in [-0.25, -0.2) is 0 Å². The smallest absolute Gasteiger partial charge is 0.191 e. The number of hydrogen-bond donors (Lipinski definition) is 4. The van der Waals surface area contributed by atoms with Crippen molar-refractivity contribution in [3.63, 3.8) is 0 Å². The summed E-state index contributed by atoms with van der Waals surface area (Å²) < 4.78 is 0. The minimum absolute atomic E-state index is 0.0866. The summed E-state index contributed by atoms with van der Waals surface area (Å²) in [6.45, 7) is 0. The van der Waals surface area contributed by atoms with E-state index < -0.39 is 0 Å². The van der Waals surface area contributed by atoms with Crippen LogP contribution in [0.4, 0.5) is 5.69 Å². The van der Waals surface area contributed by atoms with Crippen molar-refractivity contribution in [1.29, 1.82) is 0 Å². The average molecular weight is 346 g/mol. The lowest BCUT2D eigenvalue weighted by molar-refractivity contribution is 0.474. The minimum atomic E-state index is 0.0866. The molecule has 0 radical (unpaired) electrons. The number of nitrogens with zero attached hydrogens (tertiary/aromatic N) is 2. The van der Waals surface area contributed by atoms with E-state index in [0.717, 1.165) is 16.6 Å². The first-order valence-corrected chi connectivity index (χ1v) is 7.42. The maximum absolute atomic E-state index is 9.68. The van der Waals surface area contributed by atoms with Crippen molar-refractivity contribution >= 4 is 51.7 Å². The number of rotatable bonds is 3. The molecular weight excluding hydrogens is 334 g/mol. The Bertz CT molecular complexity index is 892. The van der Waals surface area contributed by atoms with E-state index in [0.29, 0.717) is 15.7 Å². The van der Waals surface area contributed by atoms with Crippen LogP contribution in [0.1, 0.15) is 5.56 Å². The quantitative estimate of drug-likeness (QED) is 0.332. The molecule has 0 unspecified atom stereocenters. The first-order chi connectivity index (χ1) is 11.1. The third kappa shape index (κ3) is 3.77. The second kappa shape index (κ2) is 6.64. The fourth-order valence-corrected chi connectivity index (χ4v) is 2.31. The number of phenolic OH excluding ortho intramolecular Hbond substituents is 1. The Morgan fingerprint density at radius 3 is 3.04 bits per heavy atom. The van der Waals surface area contributed by atoms with Gasteiger partial charge in [-0.15, -0.1) is 0 Å². The van der Waals surface area contributed by atoms with Crippen LogP contribution in [0.5, 0.6) is 5.75 Å². The Morgan fingerprint density at radius 1 is 1.30 bits per heavy atom. The van der Waals surface area contributed by atoms with Crippen molar-refractivity contribution < 1.29 is 5.11 Å². The number of halogens is 1. The van der Waals surface area contributed by atoms with E-state index in [1.807, 2.05) is 18.2 Å². The van der Waals surface area contributed by atoms with Crippen molar-refractivity contribution in [2.75, 3.05) is 5.32 Å². The highest BCUT2D eigenvalue weighted by Crippen LogP contribution is 2.19. The van der Waals surface area contributed by atoms with Crippen LogP contribution in [0.3, 0.4) is 0 Å². The summed E-state index contributed by atoms with van der Waals surface area (Å²) in [5.41, 5.74) is 4.88. The molecule has 0 atom stereocenters. The van der Waals surface area contributed by atoms with Gasteiger partial charge in [-0.05, 0) is 48.6 Å². The fourth-order valence-electron chi connectivity index (χ4n) is 1.96. The van der Waals surface area contributed by atoms with Gasteiger partial charge in [0, 0.05) is 21.7 Å². The number of H-pyrrole nitrogens is 1. The summed E-state index contributed by atoms with van der Waals surface area (Å²) in [7, 11) is 0. The van der Waals surface area contributed by atoms with Crippen LogP contribution in [0.2, 0.25) is 5.02 Å². The van der Waals surface area contributed by atoms with Gasteiger partial charge in [-0.2, -0.15) is 10.2 Å². The van der Waals surface area contributed by atoms with E-state index in [4.69, 9.17) is 23.8 Å². The van der Waals surface area contributed by atoms with Gasteiger partial charge >= 0.3 is 0 Å². The van der Waals surface area contributed by atoms with Crippen LogP contribution in [-0.4, -0.2) is 26.6 Å². The summed E-state index contributed by atoms with van der Waals surface area (Å²) in [6, 6.07) is 10.4. The number of nitrogens with one attached hydrogen (secondary N) is 3. The Balaban J connectivity index is 1.62. The summed E-state index contributed by atoms with van der Waals surface area (Å²) in [6.07, 6.45) is 3.19. The number of hydrogen-bond acceptors (Lipinski definition) is 4. The predicted molar refractivity (Wildman–Crippen MR) is 96.2 cm³/mol. The highest BCUT2D eigenvalue weighted by Gasteiger charge is 2.01. The molecule has 23 heavy (non-hydrogen) atoms. The molecule has 0 aliphatic heterocycles. The fraction of sp³-hybridized carbons (Fsp3) is 0. The van der Waals surface area contributed by atoms with Gasteiger partial charge in [0.05, 0.1) is 17.9 Å². The third-order valence-electron chi connectivity index (χ3n) is 3.06. The standard InChI is InChI=1S/C15H12ClN5OS/c16-11-2-4-14(22)10(5-11)8-18-21-15(23)19-12-3-1-9-7-17-20-13(9)6-12/h1-8,22H,(H,17,20)(H2,19,21,23)/b18-8-. The first-order valence-electron chi connectivity index (χ1n) is 6.63. The van der Waals surface area contributed by atoms with Crippen LogP contribution < -0.4 is 10.7 Å². The molecule has 4 N–H and O–H groups in total. The zero-order chi connectivity index (χ0) is 16.2. The number of thiocarbonyl (C=S) groups is 1. The number of aromatic amines is 1. The molecule has 0 spiro atoms. The normalized spacial score (nSPS) is 11.0. The Labute approximate surface area is 142 Å². The average Bonchev–Trinajstić information content (AvgIpc) is 2.98. The van der Waals surface area contributed by atoms with E-state index in [1.165, 1.54) is 12.3 Å². The Morgan fingerprint density at radius 2 is 2.17 bits per heavy atom. The molecule has 0 saturated carbocycles. The molecule has 1 heterocycles. The molecule has 3 aromatic rings. The van der Waals surface area contributed by atoms with Crippen LogP contribution in [-0.2, 0) is 0 Å². The molecule has 0 bridgehead atoms. The first kappa shape index (κ1) is 15.3. The maximum Gasteiger partial charge on any atom is 0.191 e. The lowest BCUT2D eigenvalue weighted by atomic mass is 10.2. The Hall–Kier alpha value is -2.64. The maximum atomic E-state index is 9.68. The van der Waals surface area contributed by atoms with Crippen LogP contribution in [0.25, 0.3) is 10.9 Å². The van der Waals surface area contributed by atoms with Crippen molar-refractivity contribution in [3.8, 4) is 5.75 Å². The molecule has 1 aromatic heterocycles. The highest BCUT2D eigenvalue weighted by atomic mass is 35.5. The van der Waals surface area contributed by atoms with Crippen molar-refractivity contribution in [2.24, 2.45) is 5.10 Å². The zero-order valence-corrected chi connectivity index (χ0v) is 13.3. The van der Waals surface area contributed by atoms with Crippen molar-refractivity contribution in [2.45, 2.75) is 0 Å². The summed E-state index contributed by atoms with van der Waals surface area (Å²) >= 11 is 11.0. The van der Waals surface area contributed by atoms with Gasteiger partial charge in [0.1, 0.15) is 5.75 Å². The number of aromatic nitrogens is 2. The van der Waals surface area contributed by atoms with Gasteiger partial charge in [-0.3, -0.25) is 10.5 Å². The van der Waals surface area contributed by atoms with Gasteiger partial charge in [0.25, 0.3) is 0 Å². The SMILES string of the molecule is Oc1ccc(Cl)cc1/C=N\NC(=S)Nc1ccc2cn[nH]c2c1. The van der Waals surface area contributed by atoms with E-state index in [-0.39, 0.29) is 5.75 Å². The molecule has 0 amide bonds. The molecule has 0 aliphatic rings. The van der Waals surface area contributed by atoms with Gasteiger partial charge in [0.15, 0.2) is 5.11 Å². The molecule has 0 saturated heterocycles. The molecule has 0 fully saturated rings. The second-order valence-electron chi connectivity index (χ2n) is 4.70. The topological polar surface area (TPSA) is 85.3 Å². The largest absolute Gasteiger partial charge is 0.507 e. The van der Waals surface area contributed by atoms with E-state index >= 15 is 0 Å². The van der Waals surface area contributed by atoms with Crippen LogP contribution in [0.15, 0.2) is 47.7 Å². The van der Waals surface area contributed by atoms with Gasteiger partial charge < -0.3 is 10.4 Å². The molecule has 2 aromatic carbocycles. The van der Waals surface area contributed by atoms with Crippen molar-refractivity contribution in [1.82, 2.24) is 15.6 Å². The molecule has 116 valence electrons. The highest BCUT2D eigenvalue weighted by molar-refractivity contribution is 7.80. The van der Waals surface area contributed by atoms with Crippen LogP contribution >= 0.6 is 23.8 Å². The zero-order valence-electron chi connectivity index (χ0n) is 11.7. The molecule has 0 aliphatic carbocycles. The second-order valence-corrected chi connectivity index (χ2v) is 5.54. The van der Waals surface area contributed by atoms with Gasteiger partial charge in [-0.1, -0.05) is 11.6 Å². The number of fused-ring (bicyclic) bond motifs is 1. The molecule has 3 rings (SSSR count). The molecule has 8 heteroatoms.